The van der Waals surface area contributed by atoms with Crippen LogP contribution in [0, 0.1) is 0 Å². The highest BCUT2D eigenvalue weighted by atomic mass is 15.1. The van der Waals surface area contributed by atoms with Crippen molar-refractivity contribution < 1.29 is 0 Å². The summed E-state index contributed by atoms with van der Waals surface area (Å²) in [6.45, 7) is 1.64. The van der Waals surface area contributed by atoms with Gasteiger partial charge in [0.15, 0.2) is 0 Å². The van der Waals surface area contributed by atoms with Gasteiger partial charge in [-0.25, -0.2) is 9.97 Å². The van der Waals surface area contributed by atoms with E-state index in [4.69, 9.17) is 0 Å². The molecule has 0 radical (unpaired) electrons. The monoisotopic (exact) mass is 358 g/mol. The van der Waals surface area contributed by atoms with Gasteiger partial charge in [0.2, 0.25) is 11.9 Å². The zero-order chi connectivity index (χ0) is 18.3. The first-order valence-corrected chi connectivity index (χ1v) is 9.07. The van der Waals surface area contributed by atoms with Crippen LogP contribution in [0.15, 0.2) is 73.1 Å². The topological polar surface area (TPSA) is 81.4 Å². The molecule has 2 heterocycles. The molecule has 6 heteroatoms. The molecule has 4 rings (SSSR count). The van der Waals surface area contributed by atoms with Gasteiger partial charge in [-0.2, -0.15) is 0 Å². The largest absolute Gasteiger partial charge is 0.356 e. The zero-order valence-electron chi connectivity index (χ0n) is 14.9. The van der Waals surface area contributed by atoms with Crippen molar-refractivity contribution in [3.63, 3.8) is 0 Å². The van der Waals surface area contributed by atoms with E-state index in [1.165, 1.54) is 0 Å². The highest BCUT2D eigenvalue weighted by Crippen LogP contribution is 2.18. The molecule has 27 heavy (non-hydrogen) atoms. The van der Waals surface area contributed by atoms with E-state index >= 15 is 0 Å². The van der Waals surface area contributed by atoms with Gasteiger partial charge in [0, 0.05) is 13.1 Å². The van der Waals surface area contributed by atoms with Gasteiger partial charge in [-0.1, -0.05) is 60.7 Å². The summed E-state index contributed by atoms with van der Waals surface area (Å²) in [4.78, 5) is 15.4. The third-order valence-corrected chi connectivity index (χ3v) is 4.26. The van der Waals surface area contributed by atoms with Crippen molar-refractivity contribution in [1.82, 2.24) is 19.9 Å². The van der Waals surface area contributed by atoms with Gasteiger partial charge in [0.1, 0.15) is 0 Å². The number of hydrogen-bond acceptors (Lipinski definition) is 4. The Morgan fingerprint density at radius 1 is 0.630 bits per heavy atom. The van der Waals surface area contributed by atoms with E-state index in [-0.39, 0.29) is 0 Å². The highest BCUT2D eigenvalue weighted by molar-refractivity contribution is 5.60. The van der Waals surface area contributed by atoms with E-state index in [1.807, 2.05) is 48.8 Å². The van der Waals surface area contributed by atoms with Crippen LogP contribution in [0.4, 0.5) is 11.9 Å². The van der Waals surface area contributed by atoms with Crippen LogP contribution in [0.2, 0.25) is 0 Å². The lowest BCUT2D eigenvalue weighted by Gasteiger charge is -2.04. The van der Waals surface area contributed by atoms with Crippen LogP contribution in [0.3, 0.4) is 0 Å². The third kappa shape index (κ3) is 4.36. The van der Waals surface area contributed by atoms with Gasteiger partial charge in [0.05, 0.1) is 23.8 Å². The van der Waals surface area contributed by atoms with Crippen LogP contribution in [0.25, 0.3) is 22.5 Å². The van der Waals surface area contributed by atoms with E-state index < -0.39 is 0 Å². The van der Waals surface area contributed by atoms with E-state index in [0.717, 1.165) is 53.9 Å². The number of rotatable bonds is 8. The predicted octanol–water partition coefficient (Wildman–Crippen LogP) is 4.38. The summed E-state index contributed by atoms with van der Waals surface area (Å²) < 4.78 is 0. The molecule has 0 saturated carbocycles. The molecule has 0 unspecified atom stereocenters. The highest BCUT2D eigenvalue weighted by Gasteiger charge is 2.03. The van der Waals surface area contributed by atoms with Crippen molar-refractivity contribution in [3.8, 4) is 22.5 Å². The number of anilines is 2. The summed E-state index contributed by atoms with van der Waals surface area (Å²) in [6.07, 6.45) is 4.65. The summed E-state index contributed by atoms with van der Waals surface area (Å²) in [6, 6.07) is 20.4. The second-order valence-electron chi connectivity index (χ2n) is 6.23. The van der Waals surface area contributed by atoms with Crippen molar-refractivity contribution in [2.24, 2.45) is 0 Å². The van der Waals surface area contributed by atoms with E-state index in [1.54, 1.807) is 0 Å². The Kier molecular flexibility index (Phi) is 5.15. The molecule has 4 aromatic rings. The smallest absolute Gasteiger partial charge is 0.200 e. The summed E-state index contributed by atoms with van der Waals surface area (Å²) in [5.41, 5.74) is 4.29. The van der Waals surface area contributed by atoms with Gasteiger partial charge < -0.3 is 20.6 Å². The molecule has 0 aliphatic carbocycles. The lowest BCUT2D eigenvalue weighted by molar-refractivity contribution is 0.891. The maximum Gasteiger partial charge on any atom is 0.200 e. The SMILES string of the molecule is c1ccc(-c2cnc(NCCCNc3ncc(-c4ccccc4)[nH]3)[nH]2)cc1. The first-order valence-electron chi connectivity index (χ1n) is 9.07. The normalized spacial score (nSPS) is 10.7. The molecule has 0 bridgehead atoms. The van der Waals surface area contributed by atoms with Gasteiger partial charge in [-0.3, -0.25) is 0 Å². The molecule has 2 aromatic carbocycles. The van der Waals surface area contributed by atoms with Gasteiger partial charge in [-0.15, -0.1) is 0 Å². The van der Waals surface area contributed by atoms with E-state index in [2.05, 4.69) is 54.8 Å². The van der Waals surface area contributed by atoms with E-state index in [0.29, 0.717) is 0 Å². The summed E-state index contributed by atoms with van der Waals surface area (Å²) >= 11 is 0. The first-order chi connectivity index (χ1) is 13.4. The number of benzene rings is 2. The van der Waals surface area contributed by atoms with Crippen molar-refractivity contribution >= 4 is 11.9 Å². The van der Waals surface area contributed by atoms with Crippen LogP contribution < -0.4 is 10.6 Å². The molecule has 0 spiro atoms. The van der Waals surface area contributed by atoms with Crippen molar-refractivity contribution in [2.45, 2.75) is 6.42 Å². The quantitative estimate of drug-likeness (QED) is 0.352. The second-order valence-corrected chi connectivity index (χ2v) is 6.23. The molecule has 0 saturated heterocycles. The molecular weight excluding hydrogens is 336 g/mol. The van der Waals surface area contributed by atoms with Gasteiger partial charge in [-0.05, 0) is 17.5 Å². The Bertz CT molecular complexity index is 879. The van der Waals surface area contributed by atoms with E-state index in [9.17, 15) is 0 Å². The third-order valence-electron chi connectivity index (χ3n) is 4.26. The fourth-order valence-electron chi connectivity index (χ4n) is 2.85. The number of imidazole rings is 2. The zero-order valence-corrected chi connectivity index (χ0v) is 14.9. The fourth-order valence-corrected chi connectivity index (χ4v) is 2.85. The molecular formula is C21H22N6. The Hall–Kier alpha value is -3.54. The fraction of sp³-hybridized carbons (Fsp3) is 0.143. The first kappa shape index (κ1) is 16.9. The minimum absolute atomic E-state index is 0.790. The minimum atomic E-state index is 0.790. The van der Waals surface area contributed by atoms with Crippen LogP contribution in [-0.4, -0.2) is 33.0 Å². The Balaban J connectivity index is 1.21. The molecule has 6 nitrogen and oxygen atoms in total. The molecule has 2 aromatic heterocycles. The summed E-state index contributed by atoms with van der Waals surface area (Å²) in [7, 11) is 0. The van der Waals surface area contributed by atoms with Crippen LogP contribution >= 0.6 is 0 Å². The average molecular weight is 358 g/mol. The minimum Gasteiger partial charge on any atom is -0.356 e. The van der Waals surface area contributed by atoms with Crippen LogP contribution in [0.5, 0.6) is 0 Å². The lowest BCUT2D eigenvalue weighted by Crippen LogP contribution is -2.10. The standard InChI is InChI=1S/C21H22N6/c1-3-8-16(9-4-1)18-14-24-20(26-18)22-12-7-13-23-21-25-15-19(27-21)17-10-5-2-6-11-17/h1-6,8-11,14-15H,7,12-13H2,(H2,22,24,26)(H2,23,25,27). The molecule has 4 N–H and O–H groups in total. The van der Waals surface area contributed by atoms with Crippen molar-refractivity contribution in [1.29, 1.82) is 0 Å². The number of aromatic amines is 2. The maximum absolute atomic E-state index is 4.38. The number of nitrogens with zero attached hydrogens (tertiary/aromatic N) is 2. The van der Waals surface area contributed by atoms with Crippen molar-refractivity contribution in [2.75, 3.05) is 23.7 Å². The van der Waals surface area contributed by atoms with Gasteiger partial charge >= 0.3 is 0 Å². The molecule has 0 aliphatic rings. The second kappa shape index (κ2) is 8.23. The van der Waals surface area contributed by atoms with Crippen molar-refractivity contribution in [3.05, 3.63) is 73.1 Å². The maximum atomic E-state index is 4.38. The molecule has 0 fully saturated rings. The molecule has 0 amide bonds. The Labute approximate surface area is 158 Å². The number of H-pyrrole nitrogens is 2. The predicted molar refractivity (Wildman–Crippen MR) is 110 cm³/mol. The number of nitrogens with one attached hydrogen (secondary N) is 4. The Morgan fingerprint density at radius 2 is 1.07 bits per heavy atom. The Morgan fingerprint density at radius 3 is 1.52 bits per heavy atom. The summed E-state index contributed by atoms with van der Waals surface area (Å²) in [5, 5.41) is 6.63. The average Bonchev–Trinajstić information content (AvgIpc) is 3.39. The number of hydrogen-bond donors (Lipinski definition) is 4. The van der Waals surface area contributed by atoms with Crippen LogP contribution in [-0.2, 0) is 0 Å². The summed E-state index contributed by atoms with van der Waals surface area (Å²) in [5.74, 6) is 1.58. The lowest BCUT2D eigenvalue weighted by atomic mass is 10.2. The number of aromatic nitrogens is 4. The van der Waals surface area contributed by atoms with Gasteiger partial charge in [0.25, 0.3) is 0 Å². The molecule has 136 valence electrons. The molecule has 0 atom stereocenters. The van der Waals surface area contributed by atoms with Crippen LogP contribution in [0.1, 0.15) is 6.42 Å². The molecule has 0 aliphatic heterocycles.